The van der Waals surface area contributed by atoms with E-state index in [0.29, 0.717) is 24.9 Å². The van der Waals surface area contributed by atoms with Crippen molar-refractivity contribution < 1.29 is 9.84 Å². The SMILES string of the molecule is Cc1cccc(OCC2(CC3CCCCC3)CC(O)N(C)C(N)=N2)c1C. The number of nitrogens with two attached hydrogens (primary N) is 1. The molecule has 1 aromatic carbocycles. The molecule has 0 bridgehead atoms. The molecule has 2 atom stereocenters. The third-order valence-corrected chi connectivity index (χ3v) is 6.17. The van der Waals surface area contributed by atoms with Crippen LogP contribution in [-0.2, 0) is 0 Å². The summed E-state index contributed by atoms with van der Waals surface area (Å²) in [7, 11) is 1.79. The van der Waals surface area contributed by atoms with Gasteiger partial charge in [-0.2, -0.15) is 0 Å². The Labute approximate surface area is 157 Å². The van der Waals surface area contributed by atoms with Crippen LogP contribution < -0.4 is 10.5 Å². The van der Waals surface area contributed by atoms with Gasteiger partial charge in [-0.1, -0.05) is 44.2 Å². The second kappa shape index (κ2) is 7.87. The molecule has 2 aliphatic rings. The molecule has 0 amide bonds. The molecule has 0 saturated heterocycles. The van der Waals surface area contributed by atoms with Crippen LogP contribution in [0.15, 0.2) is 23.2 Å². The Bertz CT molecular complexity index is 655. The van der Waals surface area contributed by atoms with E-state index in [2.05, 4.69) is 19.9 Å². The van der Waals surface area contributed by atoms with Gasteiger partial charge in [-0.3, -0.25) is 0 Å². The molecule has 3 N–H and O–H groups in total. The van der Waals surface area contributed by atoms with Crippen molar-refractivity contribution in [3.8, 4) is 5.75 Å². The summed E-state index contributed by atoms with van der Waals surface area (Å²) >= 11 is 0. The van der Waals surface area contributed by atoms with Gasteiger partial charge in [0.15, 0.2) is 5.96 Å². The molecule has 2 unspecified atom stereocenters. The molecule has 1 fully saturated rings. The molecule has 0 radical (unpaired) electrons. The zero-order valence-electron chi connectivity index (χ0n) is 16.4. The first-order chi connectivity index (χ1) is 12.4. The van der Waals surface area contributed by atoms with Crippen LogP contribution in [-0.4, -0.2) is 41.4 Å². The second-order valence-electron chi connectivity index (χ2n) is 8.18. The molecule has 3 rings (SSSR count). The summed E-state index contributed by atoms with van der Waals surface area (Å²) in [6, 6.07) is 6.12. The van der Waals surface area contributed by atoms with E-state index >= 15 is 0 Å². The van der Waals surface area contributed by atoms with E-state index in [0.717, 1.165) is 17.7 Å². The Hall–Kier alpha value is -1.75. The number of hydrogen-bond donors (Lipinski definition) is 2. The van der Waals surface area contributed by atoms with Crippen molar-refractivity contribution in [3.05, 3.63) is 29.3 Å². The van der Waals surface area contributed by atoms with Crippen LogP contribution in [0, 0.1) is 19.8 Å². The third kappa shape index (κ3) is 4.14. The number of guanidine groups is 1. The van der Waals surface area contributed by atoms with E-state index in [1.165, 1.54) is 37.7 Å². The number of aliphatic hydroxyl groups is 1. The molecule has 26 heavy (non-hydrogen) atoms. The van der Waals surface area contributed by atoms with Crippen LogP contribution in [0.25, 0.3) is 0 Å². The molecule has 1 heterocycles. The Morgan fingerprint density at radius 1 is 1.27 bits per heavy atom. The zero-order chi connectivity index (χ0) is 18.7. The van der Waals surface area contributed by atoms with Gasteiger partial charge < -0.3 is 20.5 Å². The highest BCUT2D eigenvalue weighted by atomic mass is 16.5. The van der Waals surface area contributed by atoms with E-state index in [-0.39, 0.29) is 0 Å². The standard InChI is InChI=1S/C21H33N3O2/c1-15-8-7-11-18(16(15)2)26-14-21(12-17-9-5-4-6-10-17)13-19(25)24(3)20(22)23-21/h7-8,11,17,19,25H,4-6,9-10,12-14H2,1-3H3,(H2,22,23). The van der Waals surface area contributed by atoms with Gasteiger partial charge in [0.05, 0.1) is 0 Å². The van der Waals surface area contributed by atoms with Crippen molar-refractivity contribution in [1.29, 1.82) is 0 Å². The fourth-order valence-electron chi connectivity index (χ4n) is 4.30. The lowest BCUT2D eigenvalue weighted by Gasteiger charge is -2.42. The smallest absolute Gasteiger partial charge is 0.193 e. The molecule has 1 saturated carbocycles. The fraction of sp³-hybridized carbons (Fsp3) is 0.667. The molecular formula is C21H33N3O2. The minimum Gasteiger partial charge on any atom is -0.491 e. The number of aliphatic hydroxyl groups excluding tert-OH is 1. The number of rotatable bonds is 5. The normalized spacial score (nSPS) is 27.3. The van der Waals surface area contributed by atoms with Crippen LogP contribution in [0.1, 0.15) is 56.1 Å². The van der Waals surface area contributed by atoms with Gasteiger partial charge in [-0.05, 0) is 43.4 Å². The van der Waals surface area contributed by atoms with Crippen LogP contribution in [0.2, 0.25) is 0 Å². The summed E-state index contributed by atoms with van der Waals surface area (Å²) in [4.78, 5) is 6.49. The van der Waals surface area contributed by atoms with E-state index in [4.69, 9.17) is 15.5 Å². The summed E-state index contributed by atoms with van der Waals surface area (Å²) in [6.07, 6.45) is 7.28. The van der Waals surface area contributed by atoms with E-state index in [1.807, 2.05) is 12.1 Å². The minimum absolute atomic E-state index is 0.407. The molecule has 5 heteroatoms. The Morgan fingerprint density at radius 2 is 2.00 bits per heavy atom. The predicted octanol–water partition coefficient (Wildman–Crippen LogP) is 3.36. The summed E-state index contributed by atoms with van der Waals surface area (Å²) in [6.45, 7) is 4.63. The molecule has 5 nitrogen and oxygen atoms in total. The Balaban J connectivity index is 1.82. The van der Waals surface area contributed by atoms with Crippen molar-refractivity contribution in [2.45, 2.75) is 70.6 Å². The van der Waals surface area contributed by atoms with Crippen LogP contribution in [0.4, 0.5) is 0 Å². The lowest BCUT2D eigenvalue weighted by atomic mass is 9.77. The van der Waals surface area contributed by atoms with Crippen molar-refractivity contribution in [2.24, 2.45) is 16.6 Å². The van der Waals surface area contributed by atoms with Crippen molar-refractivity contribution in [2.75, 3.05) is 13.7 Å². The van der Waals surface area contributed by atoms with Crippen LogP contribution in [0.3, 0.4) is 0 Å². The first kappa shape index (κ1) is 19.0. The van der Waals surface area contributed by atoms with Gasteiger partial charge in [0.25, 0.3) is 0 Å². The van der Waals surface area contributed by atoms with Gasteiger partial charge in [0.1, 0.15) is 24.1 Å². The van der Waals surface area contributed by atoms with E-state index in [9.17, 15) is 5.11 Å². The first-order valence-corrected chi connectivity index (χ1v) is 9.85. The molecule has 144 valence electrons. The Kier molecular flexibility index (Phi) is 5.76. The van der Waals surface area contributed by atoms with Gasteiger partial charge in [0, 0.05) is 13.5 Å². The number of hydrogen-bond acceptors (Lipinski definition) is 5. The van der Waals surface area contributed by atoms with Gasteiger partial charge in [0.2, 0.25) is 0 Å². The highest BCUT2D eigenvalue weighted by molar-refractivity contribution is 5.79. The second-order valence-corrected chi connectivity index (χ2v) is 8.18. The van der Waals surface area contributed by atoms with Gasteiger partial charge in [-0.25, -0.2) is 4.99 Å². The maximum Gasteiger partial charge on any atom is 0.193 e. The van der Waals surface area contributed by atoms with E-state index < -0.39 is 11.8 Å². The number of aryl methyl sites for hydroxylation is 1. The predicted molar refractivity (Wildman–Crippen MR) is 105 cm³/mol. The van der Waals surface area contributed by atoms with Crippen molar-refractivity contribution in [1.82, 2.24) is 4.90 Å². The minimum atomic E-state index is -0.613. The zero-order valence-corrected chi connectivity index (χ0v) is 16.4. The number of nitrogens with zero attached hydrogens (tertiary/aromatic N) is 2. The van der Waals surface area contributed by atoms with Crippen LogP contribution >= 0.6 is 0 Å². The summed E-state index contributed by atoms with van der Waals surface area (Å²) < 4.78 is 6.24. The molecule has 0 aromatic heterocycles. The highest BCUT2D eigenvalue weighted by Gasteiger charge is 2.41. The molecule has 0 spiro atoms. The maximum absolute atomic E-state index is 10.5. The summed E-state index contributed by atoms with van der Waals surface area (Å²) in [5, 5.41) is 10.5. The summed E-state index contributed by atoms with van der Waals surface area (Å²) in [5.41, 5.74) is 8.06. The molecule has 1 aliphatic heterocycles. The molecular weight excluding hydrogens is 326 g/mol. The first-order valence-electron chi connectivity index (χ1n) is 9.85. The monoisotopic (exact) mass is 359 g/mol. The molecule has 1 aromatic rings. The highest BCUT2D eigenvalue weighted by Crippen LogP contribution is 2.37. The quantitative estimate of drug-likeness (QED) is 0.846. The van der Waals surface area contributed by atoms with E-state index in [1.54, 1.807) is 11.9 Å². The topological polar surface area (TPSA) is 71.1 Å². The largest absolute Gasteiger partial charge is 0.491 e. The third-order valence-electron chi connectivity index (χ3n) is 6.17. The summed E-state index contributed by atoms with van der Waals surface area (Å²) in [5.74, 6) is 1.94. The van der Waals surface area contributed by atoms with Gasteiger partial charge >= 0.3 is 0 Å². The van der Waals surface area contributed by atoms with Crippen molar-refractivity contribution >= 4 is 5.96 Å². The number of aliphatic imine (C=N–C) groups is 1. The average molecular weight is 360 g/mol. The molecule has 1 aliphatic carbocycles. The number of benzene rings is 1. The fourth-order valence-corrected chi connectivity index (χ4v) is 4.30. The maximum atomic E-state index is 10.5. The van der Waals surface area contributed by atoms with Crippen molar-refractivity contribution in [3.63, 3.8) is 0 Å². The lowest BCUT2D eigenvalue weighted by Crippen LogP contribution is -2.54. The van der Waals surface area contributed by atoms with Gasteiger partial charge in [-0.15, -0.1) is 0 Å². The Morgan fingerprint density at radius 3 is 2.69 bits per heavy atom. The number of ether oxygens (including phenoxy) is 1. The van der Waals surface area contributed by atoms with Crippen LogP contribution in [0.5, 0.6) is 5.75 Å². The average Bonchev–Trinajstić information content (AvgIpc) is 2.62. The lowest BCUT2D eigenvalue weighted by molar-refractivity contribution is 0.00752.